The van der Waals surface area contributed by atoms with Crippen molar-refractivity contribution >= 4 is 43.1 Å². The van der Waals surface area contributed by atoms with Gasteiger partial charge in [0.15, 0.2) is 0 Å². The van der Waals surface area contributed by atoms with Gasteiger partial charge < -0.3 is 14.8 Å². The van der Waals surface area contributed by atoms with Crippen molar-refractivity contribution in [3.8, 4) is 5.75 Å². The summed E-state index contributed by atoms with van der Waals surface area (Å²) < 4.78 is 65.5. The number of benzene rings is 3. The lowest BCUT2D eigenvalue weighted by Crippen LogP contribution is -2.52. The Kier molecular flexibility index (Phi) is 7.24. The highest BCUT2D eigenvalue weighted by molar-refractivity contribution is 7.93. The maximum absolute atomic E-state index is 14.4. The summed E-state index contributed by atoms with van der Waals surface area (Å²) in [5.41, 5.74) is 1.33. The fourth-order valence-electron chi connectivity index (χ4n) is 6.52. The summed E-state index contributed by atoms with van der Waals surface area (Å²) in [6.07, 6.45) is 2.20. The van der Waals surface area contributed by atoms with Crippen LogP contribution in [0.4, 0.5) is 11.4 Å². The number of fused-ring (bicyclic) bond motifs is 2. The van der Waals surface area contributed by atoms with Crippen molar-refractivity contribution in [1.82, 2.24) is 0 Å². The SMILES string of the molecule is COC(=O)c1cccc(NC(=O)c2ccc3c(c2)C2(CCS(=O)(=O)CC2)C(C2CC2)N3S(=O)(=O)c2cccc(OC)c2)c1. The van der Waals surface area contributed by atoms with Crippen LogP contribution in [-0.2, 0) is 30.0 Å². The Morgan fingerprint density at radius 1 is 0.930 bits per heavy atom. The van der Waals surface area contributed by atoms with E-state index in [0.29, 0.717) is 28.3 Å². The molecule has 43 heavy (non-hydrogen) atoms. The van der Waals surface area contributed by atoms with Gasteiger partial charge in [-0.25, -0.2) is 21.6 Å². The second-order valence-corrected chi connectivity index (χ2v) is 15.4. The van der Waals surface area contributed by atoms with E-state index in [1.807, 2.05) is 0 Å². The van der Waals surface area contributed by atoms with Crippen LogP contribution in [0.1, 0.15) is 52.0 Å². The molecule has 1 unspecified atom stereocenters. The lowest BCUT2D eigenvalue weighted by atomic mass is 9.70. The molecule has 0 bridgehead atoms. The van der Waals surface area contributed by atoms with E-state index >= 15 is 0 Å². The Morgan fingerprint density at radius 2 is 1.65 bits per heavy atom. The van der Waals surface area contributed by atoms with Gasteiger partial charge in [-0.05, 0) is 85.7 Å². The molecular formula is C31H32N2O8S2. The number of carbonyl (C=O) groups excluding carboxylic acids is 2. The van der Waals surface area contributed by atoms with Crippen LogP contribution in [0.25, 0.3) is 0 Å². The Bertz CT molecular complexity index is 1820. The zero-order valence-corrected chi connectivity index (χ0v) is 25.4. The van der Waals surface area contributed by atoms with Gasteiger partial charge in [0.1, 0.15) is 15.6 Å². The van der Waals surface area contributed by atoms with E-state index in [9.17, 15) is 26.4 Å². The molecule has 10 nitrogen and oxygen atoms in total. The number of methoxy groups -OCH3 is 2. The molecule has 226 valence electrons. The van der Waals surface area contributed by atoms with Gasteiger partial charge in [-0.15, -0.1) is 0 Å². The number of anilines is 2. The Morgan fingerprint density at radius 3 is 2.33 bits per heavy atom. The molecule has 0 aromatic heterocycles. The van der Waals surface area contributed by atoms with Crippen LogP contribution in [0.5, 0.6) is 5.75 Å². The van der Waals surface area contributed by atoms with E-state index in [0.717, 1.165) is 12.8 Å². The molecule has 3 aromatic carbocycles. The first-order valence-electron chi connectivity index (χ1n) is 14.0. The number of nitrogens with zero attached hydrogens (tertiary/aromatic N) is 1. The maximum Gasteiger partial charge on any atom is 0.337 e. The largest absolute Gasteiger partial charge is 0.497 e. The van der Waals surface area contributed by atoms with Crippen LogP contribution < -0.4 is 14.4 Å². The van der Waals surface area contributed by atoms with E-state index < -0.39 is 43.2 Å². The average molecular weight is 625 g/mol. The van der Waals surface area contributed by atoms with Gasteiger partial charge in [0, 0.05) is 22.7 Å². The van der Waals surface area contributed by atoms with Crippen LogP contribution in [-0.4, -0.2) is 60.5 Å². The molecule has 3 aromatic rings. The molecule has 1 amide bonds. The maximum atomic E-state index is 14.4. The predicted octanol–water partition coefficient (Wildman–Crippen LogP) is 4.17. The first kappa shape index (κ1) is 29.2. The lowest BCUT2D eigenvalue weighted by Gasteiger charge is -2.41. The molecule has 1 saturated carbocycles. The summed E-state index contributed by atoms with van der Waals surface area (Å²) in [5, 5.41) is 2.81. The zero-order chi connectivity index (χ0) is 30.6. The third-order valence-corrected chi connectivity index (χ3v) is 12.2. The van der Waals surface area contributed by atoms with Crippen LogP contribution in [0.3, 0.4) is 0 Å². The third-order valence-electron chi connectivity index (χ3n) is 8.78. The highest BCUT2D eigenvalue weighted by Gasteiger charge is 2.60. The van der Waals surface area contributed by atoms with Gasteiger partial charge in [0.05, 0.1) is 47.9 Å². The van der Waals surface area contributed by atoms with Crippen LogP contribution in [0, 0.1) is 5.92 Å². The van der Waals surface area contributed by atoms with Crippen molar-refractivity contribution in [2.75, 3.05) is 35.3 Å². The molecule has 0 radical (unpaired) electrons. The van der Waals surface area contributed by atoms with Gasteiger partial charge in [-0.1, -0.05) is 12.1 Å². The summed E-state index contributed by atoms with van der Waals surface area (Å²) in [6.45, 7) is 0. The Labute approximate surface area is 251 Å². The summed E-state index contributed by atoms with van der Waals surface area (Å²) in [5.74, 6) is -0.622. The molecule has 1 atom stereocenters. The monoisotopic (exact) mass is 624 g/mol. The fourth-order valence-corrected chi connectivity index (χ4v) is 9.91. The number of sulfonamides is 1. The minimum Gasteiger partial charge on any atom is -0.497 e. The highest BCUT2D eigenvalue weighted by Crippen LogP contribution is 2.59. The van der Waals surface area contributed by atoms with E-state index in [2.05, 4.69) is 5.32 Å². The average Bonchev–Trinajstić information content (AvgIpc) is 3.81. The highest BCUT2D eigenvalue weighted by atomic mass is 32.2. The number of esters is 1. The molecule has 1 saturated heterocycles. The molecule has 3 aliphatic rings. The number of carbonyl (C=O) groups is 2. The smallest absolute Gasteiger partial charge is 0.337 e. The second kappa shape index (κ2) is 10.7. The molecule has 12 heteroatoms. The van der Waals surface area contributed by atoms with Gasteiger partial charge in [-0.2, -0.15) is 0 Å². The number of hydrogen-bond donors (Lipinski definition) is 1. The molecule has 1 N–H and O–H groups in total. The number of hydrogen-bond acceptors (Lipinski definition) is 8. The number of sulfone groups is 1. The van der Waals surface area contributed by atoms with E-state index in [1.165, 1.54) is 36.7 Å². The second-order valence-electron chi connectivity index (χ2n) is 11.3. The summed E-state index contributed by atoms with van der Waals surface area (Å²) in [7, 11) is -4.61. The molecule has 2 aliphatic heterocycles. The number of ether oxygens (including phenoxy) is 2. The first-order chi connectivity index (χ1) is 20.5. The minimum absolute atomic E-state index is 0.0561. The normalized spacial score (nSPS) is 20.3. The van der Waals surface area contributed by atoms with Gasteiger partial charge in [0.25, 0.3) is 15.9 Å². The molecule has 1 spiro atoms. The van der Waals surface area contributed by atoms with Crippen molar-refractivity contribution in [3.05, 3.63) is 83.4 Å². The minimum atomic E-state index is -4.08. The standard InChI is InChI=1S/C31H32N2O8S2/c1-40-24-7-4-8-25(19-24)43(38,39)33-27-12-11-21(29(34)32-23-6-3-5-22(17-23)30(35)41-2)18-26(27)31(28(33)20-9-10-20)13-15-42(36,37)16-14-31/h3-8,11-12,17-20,28H,9-10,13-16H2,1-2H3,(H,32,34). The van der Waals surface area contributed by atoms with Crippen LogP contribution >= 0.6 is 0 Å². The molecule has 2 fully saturated rings. The first-order valence-corrected chi connectivity index (χ1v) is 17.3. The quantitative estimate of drug-likeness (QED) is 0.387. The zero-order valence-electron chi connectivity index (χ0n) is 23.8. The van der Waals surface area contributed by atoms with Crippen LogP contribution in [0.15, 0.2) is 71.6 Å². The van der Waals surface area contributed by atoms with E-state index in [4.69, 9.17) is 9.47 Å². The Hall–Kier alpha value is -3.90. The van der Waals surface area contributed by atoms with Crippen molar-refractivity contribution in [2.24, 2.45) is 5.92 Å². The van der Waals surface area contributed by atoms with Crippen molar-refractivity contribution in [1.29, 1.82) is 0 Å². The molecule has 1 aliphatic carbocycles. The number of nitrogens with one attached hydrogen (secondary N) is 1. The number of rotatable bonds is 7. The van der Waals surface area contributed by atoms with Crippen molar-refractivity contribution in [2.45, 2.75) is 42.0 Å². The molecule has 6 rings (SSSR count). The van der Waals surface area contributed by atoms with Gasteiger partial charge >= 0.3 is 5.97 Å². The van der Waals surface area contributed by atoms with Gasteiger partial charge in [-0.3, -0.25) is 9.10 Å². The predicted molar refractivity (Wildman–Crippen MR) is 161 cm³/mol. The van der Waals surface area contributed by atoms with Gasteiger partial charge in [0.2, 0.25) is 0 Å². The number of amides is 1. The third kappa shape index (κ3) is 5.16. The molecular weight excluding hydrogens is 592 g/mol. The topological polar surface area (TPSA) is 136 Å². The Balaban J connectivity index is 1.45. The van der Waals surface area contributed by atoms with E-state index in [-0.39, 0.29) is 40.7 Å². The summed E-state index contributed by atoms with van der Waals surface area (Å²) in [6, 6.07) is 17.1. The lowest BCUT2D eigenvalue weighted by molar-refractivity contribution is 0.0600. The fraction of sp³-hybridized carbons (Fsp3) is 0.355. The van der Waals surface area contributed by atoms with Crippen molar-refractivity contribution < 1.29 is 35.9 Å². The summed E-state index contributed by atoms with van der Waals surface area (Å²) in [4.78, 5) is 25.5. The van der Waals surface area contributed by atoms with E-state index in [1.54, 1.807) is 48.5 Å². The molecule has 2 heterocycles. The summed E-state index contributed by atoms with van der Waals surface area (Å²) >= 11 is 0. The van der Waals surface area contributed by atoms with Crippen molar-refractivity contribution in [3.63, 3.8) is 0 Å². The van der Waals surface area contributed by atoms with Crippen LogP contribution in [0.2, 0.25) is 0 Å².